The molecule has 116 valence electrons. The van der Waals surface area contributed by atoms with Gasteiger partial charge in [0.2, 0.25) is 0 Å². The van der Waals surface area contributed by atoms with Crippen LogP contribution in [0.2, 0.25) is 0 Å². The van der Waals surface area contributed by atoms with E-state index >= 15 is 0 Å². The Kier molecular flexibility index (Phi) is 4.86. The summed E-state index contributed by atoms with van der Waals surface area (Å²) >= 11 is 0. The number of hydrogen-bond donors (Lipinski definition) is 1. The topological polar surface area (TPSA) is 46.5 Å². The molecule has 1 N–H and O–H groups in total. The zero-order valence-electron chi connectivity index (χ0n) is 13.3. The second kappa shape index (κ2) is 6.65. The number of phenols is 1. The molecule has 0 saturated heterocycles. The summed E-state index contributed by atoms with van der Waals surface area (Å²) in [4.78, 5) is 12.8. The minimum absolute atomic E-state index is 0.172. The van der Waals surface area contributed by atoms with Gasteiger partial charge in [-0.2, -0.15) is 0 Å². The second-order valence-electron chi connectivity index (χ2n) is 5.31. The molecule has 3 heteroatoms. The summed E-state index contributed by atoms with van der Waals surface area (Å²) in [5.74, 6) is 1.14. The van der Waals surface area contributed by atoms with Crippen LogP contribution >= 0.6 is 0 Å². The van der Waals surface area contributed by atoms with E-state index in [1.54, 1.807) is 19.2 Å². The number of aromatic hydroxyl groups is 1. The van der Waals surface area contributed by atoms with Crippen molar-refractivity contribution < 1.29 is 14.6 Å². The van der Waals surface area contributed by atoms with E-state index in [9.17, 15) is 9.90 Å². The Labute approximate surface area is 131 Å². The SMILES string of the molecule is CCC(=O)C(CC)(c1ccc(O)cc1)c1ccc(OC)cc1. The molecule has 2 rings (SSSR count). The van der Waals surface area contributed by atoms with E-state index in [0.29, 0.717) is 12.8 Å². The van der Waals surface area contributed by atoms with Crippen LogP contribution in [0.1, 0.15) is 37.8 Å². The Bertz CT molecular complexity index is 629. The molecule has 0 saturated carbocycles. The molecule has 0 aliphatic heterocycles. The maximum Gasteiger partial charge on any atom is 0.147 e. The normalized spacial score (nSPS) is 13.4. The largest absolute Gasteiger partial charge is 0.508 e. The molecule has 0 aliphatic carbocycles. The van der Waals surface area contributed by atoms with Crippen molar-refractivity contribution in [3.8, 4) is 11.5 Å². The Morgan fingerprint density at radius 2 is 1.50 bits per heavy atom. The van der Waals surface area contributed by atoms with Gasteiger partial charge in [-0.25, -0.2) is 0 Å². The fourth-order valence-corrected chi connectivity index (χ4v) is 3.02. The van der Waals surface area contributed by atoms with Gasteiger partial charge in [-0.3, -0.25) is 4.79 Å². The smallest absolute Gasteiger partial charge is 0.147 e. The van der Waals surface area contributed by atoms with Gasteiger partial charge in [0.25, 0.3) is 0 Å². The van der Waals surface area contributed by atoms with Gasteiger partial charge >= 0.3 is 0 Å². The van der Waals surface area contributed by atoms with E-state index < -0.39 is 5.41 Å². The number of hydrogen-bond acceptors (Lipinski definition) is 3. The van der Waals surface area contributed by atoms with E-state index in [4.69, 9.17) is 4.74 Å². The van der Waals surface area contributed by atoms with Crippen LogP contribution in [0.5, 0.6) is 11.5 Å². The summed E-state index contributed by atoms with van der Waals surface area (Å²) in [7, 11) is 1.62. The number of benzene rings is 2. The number of ketones is 1. The molecule has 2 aromatic rings. The Morgan fingerprint density at radius 1 is 1.00 bits per heavy atom. The van der Waals surface area contributed by atoms with Crippen molar-refractivity contribution in [2.45, 2.75) is 32.1 Å². The minimum atomic E-state index is -0.686. The first-order valence-electron chi connectivity index (χ1n) is 7.55. The summed E-state index contributed by atoms with van der Waals surface area (Å²) in [6.45, 7) is 3.90. The van der Waals surface area contributed by atoms with Crippen LogP contribution in [-0.4, -0.2) is 18.0 Å². The standard InChI is InChI=1S/C19H22O3/c1-4-18(21)19(5-2,14-6-10-16(20)11-7-14)15-8-12-17(22-3)13-9-15/h6-13,20H,4-5H2,1-3H3. The van der Waals surface area contributed by atoms with Gasteiger partial charge in [-0.1, -0.05) is 38.1 Å². The molecule has 1 unspecified atom stereocenters. The van der Waals surface area contributed by atoms with E-state index in [1.807, 2.05) is 50.2 Å². The lowest BCUT2D eigenvalue weighted by Crippen LogP contribution is -2.36. The molecular weight excluding hydrogens is 276 g/mol. The highest BCUT2D eigenvalue weighted by Gasteiger charge is 2.38. The van der Waals surface area contributed by atoms with Crippen molar-refractivity contribution in [3.63, 3.8) is 0 Å². The molecule has 0 aromatic heterocycles. The lowest BCUT2D eigenvalue weighted by atomic mass is 9.68. The molecule has 22 heavy (non-hydrogen) atoms. The van der Waals surface area contributed by atoms with E-state index in [1.165, 1.54) is 0 Å². The van der Waals surface area contributed by atoms with E-state index in [0.717, 1.165) is 16.9 Å². The Morgan fingerprint density at radius 3 is 1.91 bits per heavy atom. The maximum atomic E-state index is 12.8. The first kappa shape index (κ1) is 16.1. The number of carbonyl (C=O) groups excluding carboxylic acids is 1. The molecule has 0 heterocycles. The third kappa shape index (κ3) is 2.71. The average molecular weight is 298 g/mol. The number of methoxy groups -OCH3 is 1. The van der Waals surface area contributed by atoms with Crippen LogP contribution in [0.25, 0.3) is 0 Å². The molecule has 2 aromatic carbocycles. The summed E-state index contributed by atoms with van der Waals surface area (Å²) in [6.07, 6.45) is 1.12. The number of ether oxygens (including phenoxy) is 1. The number of rotatable bonds is 6. The molecule has 0 bridgehead atoms. The van der Waals surface area contributed by atoms with Crippen LogP contribution in [0.3, 0.4) is 0 Å². The van der Waals surface area contributed by atoms with Crippen molar-refractivity contribution in [1.82, 2.24) is 0 Å². The fraction of sp³-hybridized carbons (Fsp3) is 0.316. The highest BCUT2D eigenvalue weighted by Crippen LogP contribution is 2.38. The van der Waals surface area contributed by atoms with Gasteiger partial charge in [0.15, 0.2) is 0 Å². The van der Waals surface area contributed by atoms with Gasteiger partial charge < -0.3 is 9.84 Å². The summed E-state index contributed by atoms with van der Waals surface area (Å²) in [5, 5.41) is 9.53. The average Bonchev–Trinajstić information content (AvgIpc) is 2.57. The van der Waals surface area contributed by atoms with Crippen LogP contribution < -0.4 is 4.74 Å². The van der Waals surface area contributed by atoms with Crippen LogP contribution in [0.4, 0.5) is 0 Å². The molecule has 1 atom stereocenters. The Balaban J connectivity index is 2.62. The summed E-state index contributed by atoms with van der Waals surface area (Å²) < 4.78 is 5.21. The van der Waals surface area contributed by atoms with Crippen LogP contribution in [0, 0.1) is 0 Å². The monoisotopic (exact) mass is 298 g/mol. The maximum absolute atomic E-state index is 12.8. The molecule has 0 fully saturated rings. The number of phenolic OH excluding ortho intramolecular Hbond substituents is 1. The molecule has 0 aliphatic rings. The van der Waals surface area contributed by atoms with Gasteiger partial charge in [-0.05, 0) is 41.8 Å². The summed E-state index contributed by atoms with van der Waals surface area (Å²) in [5.41, 5.74) is 1.17. The molecule has 0 radical (unpaired) electrons. The lowest BCUT2D eigenvalue weighted by molar-refractivity contribution is -0.123. The van der Waals surface area contributed by atoms with Crippen LogP contribution in [0.15, 0.2) is 48.5 Å². The predicted molar refractivity (Wildman–Crippen MR) is 87.5 cm³/mol. The van der Waals surface area contributed by atoms with Gasteiger partial charge in [0.1, 0.15) is 17.3 Å². The third-order valence-corrected chi connectivity index (χ3v) is 4.27. The van der Waals surface area contributed by atoms with Crippen molar-refractivity contribution in [1.29, 1.82) is 0 Å². The quantitative estimate of drug-likeness (QED) is 0.874. The van der Waals surface area contributed by atoms with Crippen LogP contribution in [-0.2, 0) is 10.2 Å². The predicted octanol–water partition coefficient (Wildman–Crippen LogP) is 4.08. The highest BCUT2D eigenvalue weighted by atomic mass is 16.5. The summed E-state index contributed by atoms with van der Waals surface area (Å²) in [6, 6.07) is 14.6. The molecule has 3 nitrogen and oxygen atoms in total. The first-order chi connectivity index (χ1) is 10.6. The van der Waals surface area contributed by atoms with Crippen molar-refractivity contribution >= 4 is 5.78 Å². The van der Waals surface area contributed by atoms with Gasteiger partial charge in [-0.15, -0.1) is 0 Å². The molecular formula is C19H22O3. The highest BCUT2D eigenvalue weighted by molar-refractivity contribution is 5.93. The number of carbonyl (C=O) groups is 1. The molecule has 0 amide bonds. The minimum Gasteiger partial charge on any atom is -0.508 e. The third-order valence-electron chi connectivity index (χ3n) is 4.27. The first-order valence-corrected chi connectivity index (χ1v) is 7.55. The van der Waals surface area contributed by atoms with E-state index in [-0.39, 0.29) is 11.5 Å². The van der Waals surface area contributed by atoms with E-state index in [2.05, 4.69) is 0 Å². The second-order valence-corrected chi connectivity index (χ2v) is 5.31. The van der Waals surface area contributed by atoms with Crippen molar-refractivity contribution in [2.24, 2.45) is 0 Å². The fourth-order valence-electron chi connectivity index (χ4n) is 3.02. The van der Waals surface area contributed by atoms with Gasteiger partial charge in [0, 0.05) is 6.42 Å². The lowest BCUT2D eigenvalue weighted by Gasteiger charge is -2.32. The Hall–Kier alpha value is -2.29. The zero-order valence-corrected chi connectivity index (χ0v) is 13.3. The van der Waals surface area contributed by atoms with Crippen molar-refractivity contribution in [3.05, 3.63) is 59.7 Å². The molecule has 0 spiro atoms. The van der Waals surface area contributed by atoms with Crippen molar-refractivity contribution in [2.75, 3.05) is 7.11 Å². The number of Topliss-reactive ketones (excluding diaryl/α,β-unsaturated/α-hetero) is 1. The zero-order chi connectivity index (χ0) is 16.2. The van der Waals surface area contributed by atoms with Gasteiger partial charge in [0.05, 0.1) is 12.5 Å².